The van der Waals surface area contributed by atoms with Crippen molar-refractivity contribution in [2.75, 3.05) is 13.7 Å². The number of ether oxygens (including phenoxy) is 2. The van der Waals surface area contributed by atoms with Gasteiger partial charge in [0.25, 0.3) is 0 Å². The van der Waals surface area contributed by atoms with Gasteiger partial charge in [0.2, 0.25) is 10.0 Å². The monoisotopic (exact) mass is 389 g/mol. The van der Waals surface area contributed by atoms with Gasteiger partial charge >= 0.3 is 0 Å². The van der Waals surface area contributed by atoms with E-state index in [2.05, 4.69) is 4.72 Å². The molecule has 1 atom stereocenters. The Kier molecular flexibility index (Phi) is 6.07. The number of methoxy groups -OCH3 is 1. The van der Waals surface area contributed by atoms with Gasteiger partial charge in [-0.2, -0.15) is 0 Å². The highest BCUT2D eigenvalue weighted by Gasteiger charge is 2.25. The SMILES string of the molecule is COc1cc2c(cc1S(=O)(=O)NC(C)COc1ccccc1C)CCCC2. The van der Waals surface area contributed by atoms with E-state index in [9.17, 15) is 8.42 Å². The van der Waals surface area contributed by atoms with Crippen LogP contribution in [0.2, 0.25) is 0 Å². The van der Waals surface area contributed by atoms with E-state index in [4.69, 9.17) is 9.47 Å². The van der Waals surface area contributed by atoms with Crippen molar-refractivity contribution in [1.29, 1.82) is 0 Å². The number of para-hydroxylation sites is 1. The molecule has 0 aliphatic heterocycles. The quantitative estimate of drug-likeness (QED) is 0.785. The van der Waals surface area contributed by atoms with Crippen LogP contribution in [0.3, 0.4) is 0 Å². The van der Waals surface area contributed by atoms with E-state index >= 15 is 0 Å². The molecule has 0 saturated carbocycles. The Morgan fingerprint density at radius 1 is 1.07 bits per heavy atom. The summed E-state index contributed by atoms with van der Waals surface area (Å²) in [6.07, 6.45) is 4.11. The van der Waals surface area contributed by atoms with Crippen LogP contribution < -0.4 is 14.2 Å². The van der Waals surface area contributed by atoms with Crippen LogP contribution in [0.25, 0.3) is 0 Å². The van der Waals surface area contributed by atoms with Gasteiger partial charge in [0.05, 0.1) is 13.2 Å². The van der Waals surface area contributed by atoms with Gasteiger partial charge in [0, 0.05) is 0 Å². The Bertz CT molecular complexity index is 908. The van der Waals surface area contributed by atoms with E-state index in [0.717, 1.165) is 42.6 Å². The van der Waals surface area contributed by atoms with Gasteiger partial charge in [-0.1, -0.05) is 18.2 Å². The minimum Gasteiger partial charge on any atom is -0.495 e. The Balaban J connectivity index is 1.75. The zero-order valence-electron chi connectivity index (χ0n) is 16.1. The molecule has 0 fully saturated rings. The lowest BCUT2D eigenvalue weighted by Gasteiger charge is -2.21. The van der Waals surface area contributed by atoms with Gasteiger partial charge in [-0.15, -0.1) is 0 Å². The smallest absolute Gasteiger partial charge is 0.244 e. The minimum absolute atomic E-state index is 0.202. The molecule has 1 N–H and O–H groups in total. The number of benzene rings is 2. The summed E-state index contributed by atoms with van der Waals surface area (Å²) in [7, 11) is -2.20. The van der Waals surface area contributed by atoms with E-state index < -0.39 is 10.0 Å². The second-order valence-corrected chi connectivity index (χ2v) is 8.76. The number of aryl methyl sites for hydroxylation is 3. The van der Waals surface area contributed by atoms with Crippen LogP contribution in [0.5, 0.6) is 11.5 Å². The van der Waals surface area contributed by atoms with Crippen molar-refractivity contribution >= 4 is 10.0 Å². The molecule has 0 bridgehead atoms. The topological polar surface area (TPSA) is 64.6 Å². The first kappa shape index (κ1) is 19.7. The van der Waals surface area contributed by atoms with E-state index in [-0.39, 0.29) is 17.5 Å². The summed E-state index contributed by atoms with van der Waals surface area (Å²) in [6.45, 7) is 4.00. The summed E-state index contributed by atoms with van der Waals surface area (Å²) in [5.74, 6) is 1.16. The summed E-state index contributed by atoms with van der Waals surface area (Å²) in [6, 6.07) is 10.9. The molecule has 0 radical (unpaired) electrons. The molecule has 1 aliphatic rings. The average Bonchev–Trinajstić information content (AvgIpc) is 2.66. The average molecular weight is 390 g/mol. The number of rotatable bonds is 7. The maximum absolute atomic E-state index is 12.9. The predicted molar refractivity (Wildman–Crippen MR) is 106 cm³/mol. The first-order valence-corrected chi connectivity index (χ1v) is 10.8. The largest absolute Gasteiger partial charge is 0.495 e. The molecule has 0 amide bonds. The second-order valence-electron chi connectivity index (χ2n) is 7.08. The van der Waals surface area contributed by atoms with Crippen LogP contribution in [0, 0.1) is 6.92 Å². The molecule has 0 aromatic heterocycles. The summed E-state index contributed by atoms with van der Waals surface area (Å²) < 4.78 is 39.7. The normalized spacial score (nSPS) is 15.1. The molecular weight excluding hydrogens is 362 g/mol. The molecule has 5 nitrogen and oxygen atoms in total. The zero-order valence-corrected chi connectivity index (χ0v) is 16.9. The van der Waals surface area contributed by atoms with Crippen LogP contribution in [0.4, 0.5) is 0 Å². The molecule has 1 aliphatic carbocycles. The Hall–Kier alpha value is -2.05. The second kappa shape index (κ2) is 8.31. The lowest BCUT2D eigenvalue weighted by molar-refractivity contribution is 0.285. The van der Waals surface area contributed by atoms with E-state index in [1.807, 2.05) is 37.3 Å². The van der Waals surface area contributed by atoms with Crippen molar-refractivity contribution in [3.63, 3.8) is 0 Å². The number of hydrogen-bond acceptors (Lipinski definition) is 4. The third-order valence-corrected chi connectivity index (χ3v) is 6.47. The third-order valence-electron chi connectivity index (χ3n) is 4.86. The fourth-order valence-electron chi connectivity index (χ4n) is 3.41. The summed E-state index contributed by atoms with van der Waals surface area (Å²) >= 11 is 0. The van der Waals surface area contributed by atoms with Crippen molar-refractivity contribution < 1.29 is 17.9 Å². The molecule has 1 unspecified atom stereocenters. The maximum atomic E-state index is 12.9. The van der Waals surface area contributed by atoms with Gasteiger partial charge < -0.3 is 9.47 Å². The molecule has 146 valence electrons. The van der Waals surface area contributed by atoms with Gasteiger partial charge in [0.1, 0.15) is 23.0 Å². The first-order chi connectivity index (χ1) is 12.9. The van der Waals surface area contributed by atoms with E-state index in [0.29, 0.717) is 5.75 Å². The summed E-state index contributed by atoms with van der Waals surface area (Å²) in [5.41, 5.74) is 3.31. The Morgan fingerprint density at radius 2 is 1.74 bits per heavy atom. The van der Waals surface area contributed by atoms with Crippen molar-refractivity contribution in [1.82, 2.24) is 4.72 Å². The van der Waals surface area contributed by atoms with Crippen LogP contribution in [0.15, 0.2) is 41.3 Å². The van der Waals surface area contributed by atoms with Gasteiger partial charge in [-0.05, 0) is 74.4 Å². The van der Waals surface area contributed by atoms with E-state index in [1.165, 1.54) is 12.7 Å². The van der Waals surface area contributed by atoms with E-state index in [1.54, 1.807) is 13.0 Å². The molecule has 0 heterocycles. The highest BCUT2D eigenvalue weighted by Crippen LogP contribution is 2.32. The fourth-order valence-corrected chi connectivity index (χ4v) is 4.83. The van der Waals surface area contributed by atoms with Gasteiger partial charge in [-0.3, -0.25) is 0 Å². The number of hydrogen-bond donors (Lipinski definition) is 1. The van der Waals surface area contributed by atoms with Crippen molar-refractivity contribution in [3.05, 3.63) is 53.1 Å². The molecule has 27 heavy (non-hydrogen) atoms. The first-order valence-electron chi connectivity index (χ1n) is 9.31. The van der Waals surface area contributed by atoms with Crippen LogP contribution in [-0.4, -0.2) is 28.2 Å². The molecule has 6 heteroatoms. The molecule has 2 aromatic carbocycles. The van der Waals surface area contributed by atoms with Crippen LogP contribution in [0.1, 0.15) is 36.5 Å². The highest BCUT2D eigenvalue weighted by atomic mass is 32.2. The van der Waals surface area contributed by atoms with Gasteiger partial charge in [-0.25, -0.2) is 13.1 Å². The maximum Gasteiger partial charge on any atom is 0.244 e. The Morgan fingerprint density at radius 3 is 2.41 bits per heavy atom. The predicted octanol–water partition coefficient (Wildman–Crippen LogP) is 3.63. The van der Waals surface area contributed by atoms with Crippen LogP contribution in [-0.2, 0) is 22.9 Å². The standard InChI is InChI=1S/C21H27NO4S/c1-15-8-4-7-11-19(15)26-14-16(2)22-27(23,24)21-13-18-10-6-5-9-17(18)12-20(21)25-3/h4,7-8,11-13,16,22H,5-6,9-10,14H2,1-3H3. The molecule has 0 saturated heterocycles. The Labute approximate surface area is 161 Å². The van der Waals surface area contributed by atoms with Gasteiger partial charge in [0.15, 0.2) is 0 Å². The third kappa shape index (κ3) is 4.62. The lowest BCUT2D eigenvalue weighted by Crippen LogP contribution is -2.37. The molecular formula is C21H27NO4S. The van der Waals surface area contributed by atoms with Crippen molar-refractivity contribution in [2.24, 2.45) is 0 Å². The summed E-state index contributed by atoms with van der Waals surface area (Å²) in [5, 5.41) is 0. The van der Waals surface area contributed by atoms with Crippen LogP contribution >= 0.6 is 0 Å². The molecule has 0 spiro atoms. The number of sulfonamides is 1. The highest BCUT2D eigenvalue weighted by molar-refractivity contribution is 7.89. The lowest BCUT2D eigenvalue weighted by atomic mass is 9.92. The minimum atomic E-state index is -3.71. The molecule has 3 rings (SSSR count). The number of fused-ring (bicyclic) bond motifs is 1. The van der Waals surface area contributed by atoms with Crippen molar-refractivity contribution in [2.45, 2.75) is 50.5 Å². The summed E-state index contributed by atoms with van der Waals surface area (Å²) in [4.78, 5) is 0.202. The zero-order chi connectivity index (χ0) is 19.4. The fraction of sp³-hybridized carbons (Fsp3) is 0.429. The number of nitrogens with one attached hydrogen (secondary N) is 1. The molecule has 2 aromatic rings. The van der Waals surface area contributed by atoms with Crippen molar-refractivity contribution in [3.8, 4) is 11.5 Å².